The Morgan fingerprint density at radius 3 is 2.84 bits per heavy atom. The molecule has 0 aromatic carbocycles. The Morgan fingerprint density at radius 2 is 2.11 bits per heavy atom. The average Bonchev–Trinajstić information content (AvgIpc) is 2.65. The standard InChI is InChI=1S/C9H9N5O5/c15-4-5(16)8-14-2-1-3(10-9(14)18)11-13-12-7(17)6(4)19-8/h1-2,4-6,8,15-16H,(H,10,11,12,17,18)/t4-,5+,6-,8+/m0/s1. The van der Waals surface area contributed by atoms with Gasteiger partial charge in [0.15, 0.2) is 18.1 Å². The molecule has 1 aromatic rings. The van der Waals surface area contributed by atoms with Crippen molar-refractivity contribution in [1.82, 2.24) is 15.0 Å². The first-order chi connectivity index (χ1) is 9.08. The molecular formula is C9H9N5O5. The lowest BCUT2D eigenvalue weighted by Gasteiger charge is -2.16. The number of nitrogens with zero attached hydrogens (tertiary/aromatic N) is 4. The third-order valence-electron chi connectivity index (χ3n) is 2.90. The highest BCUT2D eigenvalue weighted by Crippen LogP contribution is 2.29. The maximum absolute atomic E-state index is 11.7. The molecule has 3 aliphatic rings. The zero-order valence-corrected chi connectivity index (χ0v) is 9.37. The molecule has 0 unspecified atom stereocenters. The van der Waals surface area contributed by atoms with E-state index >= 15 is 0 Å². The number of carbonyl (C=O) groups excluding carboxylic acids is 1. The molecule has 10 nitrogen and oxygen atoms in total. The highest BCUT2D eigenvalue weighted by molar-refractivity contribution is 5.81. The fourth-order valence-electron chi connectivity index (χ4n) is 1.95. The molecule has 100 valence electrons. The van der Waals surface area contributed by atoms with Crippen LogP contribution in [0.1, 0.15) is 6.23 Å². The van der Waals surface area contributed by atoms with Gasteiger partial charge < -0.3 is 14.9 Å². The zero-order valence-electron chi connectivity index (χ0n) is 9.37. The maximum Gasteiger partial charge on any atom is 0.351 e. The van der Waals surface area contributed by atoms with Crippen LogP contribution in [-0.2, 0) is 9.53 Å². The van der Waals surface area contributed by atoms with E-state index in [-0.39, 0.29) is 5.82 Å². The van der Waals surface area contributed by atoms with E-state index in [2.05, 4.69) is 15.3 Å². The average molecular weight is 267 g/mol. The van der Waals surface area contributed by atoms with E-state index in [0.717, 1.165) is 4.57 Å². The van der Waals surface area contributed by atoms with E-state index in [1.807, 2.05) is 5.43 Å². The first kappa shape index (κ1) is 11.9. The molecule has 3 aliphatic heterocycles. The molecule has 4 heterocycles. The third kappa shape index (κ3) is 1.82. The highest BCUT2D eigenvalue weighted by atomic mass is 16.6. The van der Waals surface area contributed by atoms with Crippen molar-refractivity contribution in [3.05, 3.63) is 22.7 Å². The molecule has 4 rings (SSSR count). The number of nitrogens with one attached hydrogen (secondary N) is 1. The molecule has 0 spiro atoms. The van der Waals surface area contributed by atoms with Gasteiger partial charge in [-0.25, -0.2) is 10.2 Å². The van der Waals surface area contributed by atoms with Crippen LogP contribution in [0, 0.1) is 0 Å². The van der Waals surface area contributed by atoms with Crippen molar-refractivity contribution in [2.75, 3.05) is 0 Å². The topological polar surface area (TPSA) is 138 Å². The third-order valence-corrected chi connectivity index (χ3v) is 2.90. The molecule has 0 aliphatic carbocycles. The SMILES string of the molecule is O=C1NN=Nc2ccn(c(=O)n2)[C@@H]2O[C@H]1[C@@H](O)[C@H]2O. The summed E-state index contributed by atoms with van der Waals surface area (Å²) in [5.74, 6) is -0.761. The van der Waals surface area contributed by atoms with Crippen LogP contribution in [0.15, 0.2) is 27.4 Å². The van der Waals surface area contributed by atoms with E-state index in [9.17, 15) is 19.8 Å². The predicted molar refractivity (Wildman–Crippen MR) is 57.1 cm³/mol. The number of aliphatic hydroxyl groups excluding tert-OH is 2. The number of hydrogen-bond donors (Lipinski definition) is 3. The lowest BCUT2D eigenvalue weighted by molar-refractivity contribution is -0.137. The van der Waals surface area contributed by atoms with Crippen LogP contribution < -0.4 is 11.1 Å². The fourth-order valence-corrected chi connectivity index (χ4v) is 1.95. The van der Waals surface area contributed by atoms with Crippen LogP contribution in [-0.4, -0.2) is 44.0 Å². The second-order valence-electron chi connectivity index (χ2n) is 4.08. The van der Waals surface area contributed by atoms with Crippen LogP contribution in [0.25, 0.3) is 0 Å². The number of aromatic nitrogens is 2. The van der Waals surface area contributed by atoms with Gasteiger partial charge in [-0.1, -0.05) is 5.22 Å². The minimum absolute atomic E-state index is 0.00867. The summed E-state index contributed by atoms with van der Waals surface area (Å²) >= 11 is 0. The van der Waals surface area contributed by atoms with Crippen LogP contribution >= 0.6 is 0 Å². The van der Waals surface area contributed by atoms with Crippen molar-refractivity contribution < 1.29 is 19.7 Å². The van der Waals surface area contributed by atoms with Crippen LogP contribution in [0.5, 0.6) is 0 Å². The number of rotatable bonds is 0. The van der Waals surface area contributed by atoms with Gasteiger partial charge in [0.05, 0.1) is 0 Å². The molecule has 19 heavy (non-hydrogen) atoms. The summed E-state index contributed by atoms with van der Waals surface area (Å²) in [4.78, 5) is 27.0. The monoisotopic (exact) mass is 267 g/mol. The minimum Gasteiger partial charge on any atom is -0.387 e. The van der Waals surface area contributed by atoms with Gasteiger partial charge in [0.25, 0.3) is 5.91 Å². The number of fused-ring (bicyclic) bond motifs is 4. The molecule has 1 saturated heterocycles. The van der Waals surface area contributed by atoms with Crippen LogP contribution in [0.2, 0.25) is 0 Å². The summed E-state index contributed by atoms with van der Waals surface area (Å²) in [7, 11) is 0. The smallest absolute Gasteiger partial charge is 0.351 e. The van der Waals surface area contributed by atoms with Gasteiger partial charge in [0.1, 0.15) is 12.2 Å². The largest absolute Gasteiger partial charge is 0.387 e. The van der Waals surface area contributed by atoms with E-state index in [0.29, 0.717) is 0 Å². The summed E-state index contributed by atoms with van der Waals surface area (Å²) in [6, 6.07) is 1.36. The van der Waals surface area contributed by atoms with Crippen molar-refractivity contribution in [1.29, 1.82) is 0 Å². The molecule has 10 heteroatoms. The van der Waals surface area contributed by atoms with Gasteiger partial charge in [-0.2, -0.15) is 4.98 Å². The Kier molecular flexibility index (Phi) is 2.62. The van der Waals surface area contributed by atoms with Crippen LogP contribution in [0.3, 0.4) is 0 Å². The Labute approximate surface area is 105 Å². The summed E-state index contributed by atoms with van der Waals surface area (Å²) in [6.45, 7) is 0. The number of ether oxygens (including phenoxy) is 1. The predicted octanol–water partition coefficient (Wildman–Crippen LogP) is -2.01. The lowest BCUT2D eigenvalue weighted by Crippen LogP contribution is -2.41. The molecule has 4 bridgehead atoms. The summed E-state index contributed by atoms with van der Waals surface area (Å²) < 4.78 is 6.18. The maximum atomic E-state index is 11.7. The van der Waals surface area contributed by atoms with E-state index < -0.39 is 36.1 Å². The fraction of sp³-hybridized carbons (Fsp3) is 0.444. The van der Waals surface area contributed by atoms with E-state index in [4.69, 9.17) is 4.74 Å². The molecule has 1 aromatic heterocycles. The van der Waals surface area contributed by atoms with Gasteiger partial charge in [-0.3, -0.25) is 9.36 Å². The Balaban J connectivity index is 2.14. The van der Waals surface area contributed by atoms with Crippen molar-refractivity contribution in [2.24, 2.45) is 10.3 Å². The second kappa shape index (κ2) is 4.19. The van der Waals surface area contributed by atoms with Crippen molar-refractivity contribution in [3.8, 4) is 0 Å². The normalized spacial score (nSPS) is 33.1. The van der Waals surface area contributed by atoms with E-state index in [1.54, 1.807) is 0 Å². The van der Waals surface area contributed by atoms with Crippen LogP contribution in [0.4, 0.5) is 5.82 Å². The second-order valence-corrected chi connectivity index (χ2v) is 4.08. The number of carbonyl (C=O) groups is 1. The minimum atomic E-state index is -1.48. The number of aliphatic hydroxyl groups is 2. The molecule has 1 fully saturated rings. The van der Waals surface area contributed by atoms with Gasteiger partial charge in [-0.05, 0) is 0 Å². The summed E-state index contributed by atoms with van der Waals surface area (Å²) in [5, 5.41) is 26.5. The van der Waals surface area contributed by atoms with Gasteiger partial charge >= 0.3 is 5.69 Å². The number of hydrogen-bond acceptors (Lipinski definition) is 8. The van der Waals surface area contributed by atoms with E-state index in [1.165, 1.54) is 12.3 Å². The molecule has 4 atom stereocenters. The van der Waals surface area contributed by atoms with Crippen molar-refractivity contribution >= 4 is 11.7 Å². The summed E-state index contributed by atoms with van der Waals surface area (Å²) in [5.41, 5.74) is 1.30. The highest BCUT2D eigenvalue weighted by Gasteiger charge is 2.47. The first-order valence-electron chi connectivity index (χ1n) is 5.39. The Morgan fingerprint density at radius 1 is 1.32 bits per heavy atom. The molecule has 0 saturated carbocycles. The molecule has 1 amide bonds. The van der Waals surface area contributed by atoms with Crippen molar-refractivity contribution in [3.63, 3.8) is 0 Å². The van der Waals surface area contributed by atoms with Gasteiger partial charge in [-0.15, -0.1) is 5.11 Å². The Bertz CT molecular complexity index is 613. The molecular weight excluding hydrogens is 258 g/mol. The quantitative estimate of drug-likeness (QED) is 0.496. The molecule has 0 radical (unpaired) electrons. The summed E-state index contributed by atoms with van der Waals surface area (Å²) in [6.07, 6.45) is -4.16. The lowest BCUT2D eigenvalue weighted by atomic mass is 10.1. The molecule has 3 N–H and O–H groups in total. The Hall–Kier alpha value is -2.17. The zero-order chi connectivity index (χ0) is 13.6. The van der Waals surface area contributed by atoms with Crippen molar-refractivity contribution in [2.45, 2.75) is 24.5 Å². The first-order valence-corrected chi connectivity index (χ1v) is 5.39. The van der Waals surface area contributed by atoms with Gasteiger partial charge in [0, 0.05) is 12.3 Å². The van der Waals surface area contributed by atoms with Gasteiger partial charge in [0.2, 0.25) is 0 Å². The number of amides is 1.